The molecule has 1 unspecified atom stereocenters. The quantitative estimate of drug-likeness (QED) is 0.847. The number of likely N-dealkylation sites (tertiary alicyclic amines) is 1. The molecule has 1 atom stereocenters. The molecule has 2 N–H and O–H groups in total. The number of hydrogen-bond acceptors (Lipinski definition) is 3. The first-order chi connectivity index (χ1) is 9.63. The fourth-order valence-corrected chi connectivity index (χ4v) is 2.66. The number of ether oxygens (including phenoxy) is 1. The Kier molecular flexibility index (Phi) is 4.95. The van der Waals surface area contributed by atoms with Gasteiger partial charge in [-0.15, -0.1) is 0 Å². The number of rotatable bonds is 5. The van der Waals surface area contributed by atoms with E-state index in [1.807, 2.05) is 19.1 Å². The molecule has 1 aromatic carbocycles. The van der Waals surface area contributed by atoms with Crippen molar-refractivity contribution >= 4 is 23.1 Å². The average Bonchev–Trinajstić information content (AvgIpc) is 2.94. The lowest BCUT2D eigenvalue weighted by Gasteiger charge is -2.24. The summed E-state index contributed by atoms with van der Waals surface area (Å²) in [4.78, 5) is 14.7. The van der Waals surface area contributed by atoms with Crippen molar-refractivity contribution in [3.8, 4) is 5.75 Å². The van der Waals surface area contributed by atoms with Gasteiger partial charge in [0.05, 0.1) is 17.6 Å². The van der Waals surface area contributed by atoms with Crippen LogP contribution in [0, 0.1) is 0 Å². The van der Waals surface area contributed by atoms with Crippen LogP contribution in [0.1, 0.15) is 36.5 Å². The van der Waals surface area contributed by atoms with Crippen LogP contribution < -0.4 is 10.5 Å². The smallest absolute Gasteiger partial charge is 0.254 e. The molecule has 1 fully saturated rings. The van der Waals surface area contributed by atoms with Crippen molar-refractivity contribution in [3.63, 3.8) is 0 Å². The first-order valence-corrected chi connectivity index (χ1v) is 7.37. The third kappa shape index (κ3) is 3.28. The van der Waals surface area contributed by atoms with Crippen molar-refractivity contribution in [1.29, 1.82) is 0 Å². The van der Waals surface area contributed by atoms with Gasteiger partial charge in [0, 0.05) is 12.1 Å². The van der Waals surface area contributed by atoms with Crippen LogP contribution in [0.2, 0.25) is 0 Å². The second-order valence-electron chi connectivity index (χ2n) is 4.94. The van der Waals surface area contributed by atoms with Crippen molar-refractivity contribution in [1.82, 2.24) is 4.90 Å². The summed E-state index contributed by atoms with van der Waals surface area (Å²) in [6.45, 7) is 3.41. The minimum atomic E-state index is -0.113. The first kappa shape index (κ1) is 14.8. The molecule has 0 saturated carbocycles. The van der Waals surface area contributed by atoms with E-state index >= 15 is 0 Å². The normalized spacial score (nSPS) is 18.1. The summed E-state index contributed by atoms with van der Waals surface area (Å²) in [6, 6.07) is 7.17. The number of carbonyl (C=O) groups excluding carboxylic acids is 1. The Morgan fingerprint density at radius 1 is 1.55 bits per heavy atom. The fraction of sp³-hybridized carbons (Fsp3) is 0.467. The second kappa shape index (κ2) is 6.70. The molecule has 108 valence electrons. The third-order valence-electron chi connectivity index (χ3n) is 3.40. The van der Waals surface area contributed by atoms with E-state index in [0.29, 0.717) is 23.7 Å². The molecule has 0 radical (unpaired) electrons. The van der Waals surface area contributed by atoms with Gasteiger partial charge in [0.2, 0.25) is 0 Å². The predicted molar refractivity (Wildman–Crippen MR) is 83.1 cm³/mol. The molecule has 1 aliphatic heterocycles. The zero-order valence-electron chi connectivity index (χ0n) is 11.7. The number of carbonyl (C=O) groups is 1. The Labute approximate surface area is 124 Å². The molecule has 2 rings (SSSR count). The minimum absolute atomic E-state index is 0.0257. The van der Waals surface area contributed by atoms with Crippen LogP contribution in [-0.4, -0.2) is 35.0 Å². The molecule has 0 aromatic heterocycles. The SMILES string of the molecule is CCCOc1cccc(C(=O)N2CCCC2C(N)=S)c1. The van der Waals surface area contributed by atoms with E-state index in [4.69, 9.17) is 22.7 Å². The lowest BCUT2D eigenvalue weighted by atomic mass is 10.1. The largest absolute Gasteiger partial charge is 0.494 e. The number of thiocarbonyl (C=S) groups is 1. The number of hydrogen-bond donors (Lipinski definition) is 1. The van der Waals surface area contributed by atoms with Gasteiger partial charge >= 0.3 is 0 Å². The standard InChI is InChI=1S/C15H20N2O2S/c1-2-9-19-12-6-3-5-11(10-12)15(18)17-8-4-7-13(17)14(16)20/h3,5-6,10,13H,2,4,7-9H2,1H3,(H2,16,20). The van der Waals surface area contributed by atoms with Crippen molar-refractivity contribution in [2.75, 3.05) is 13.2 Å². The molecule has 0 spiro atoms. The zero-order chi connectivity index (χ0) is 14.5. The summed E-state index contributed by atoms with van der Waals surface area (Å²) in [6.07, 6.45) is 2.74. The van der Waals surface area contributed by atoms with Crippen LogP contribution in [0.4, 0.5) is 0 Å². The minimum Gasteiger partial charge on any atom is -0.494 e. The maximum Gasteiger partial charge on any atom is 0.254 e. The van der Waals surface area contributed by atoms with E-state index in [-0.39, 0.29) is 11.9 Å². The highest BCUT2D eigenvalue weighted by Crippen LogP contribution is 2.22. The molecule has 1 saturated heterocycles. The van der Waals surface area contributed by atoms with Crippen LogP contribution in [0.3, 0.4) is 0 Å². The Hall–Kier alpha value is -1.62. The Bertz CT molecular complexity index is 504. The van der Waals surface area contributed by atoms with Crippen LogP contribution in [-0.2, 0) is 0 Å². The van der Waals surface area contributed by atoms with Gasteiger partial charge in [0.15, 0.2) is 0 Å². The monoisotopic (exact) mass is 292 g/mol. The number of benzene rings is 1. The Morgan fingerprint density at radius 2 is 2.35 bits per heavy atom. The average molecular weight is 292 g/mol. The van der Waals surface area contributed by atoms with Gasteiger partial charge in [-0.1, -0.05) is 25.2 Å². The molecular weight excluding hydrogens is 272 g/mol. The maximum atomic E-state index is 12.5. The Morgan fingerprint density at radius 3 is 3.05 bits per heavy atom. The van der Waals surface area contributed by atoms with Gasteiger partial charge in [-0.2, -0.15) is 0 Å². The molecule has 20 heavy (non-hydrogen) atoms. The van der Waals surface area contributed by atoms with E-state index in [0.717, 1.165) is 25.0 Å². The van der Waals surface area contributed by atoms with Crippen LogP contribution in [0.25, 0.3) is 0 Å². The Balaban J connectivity index is 2.14. The summed E-state index contributed by atoms with van der Waals surface area (Å²) in [5.74, 6) is 0.700. The van der Waals surface area contributed by atoms with Crippen LogP contribution >= 0.6 is 12.2 Å². The van der Waals surface area contributed by atoms with E-state index in [1.165, 1.54) is 0 Å². The molecule has 1 aromatic rings. The summed E-state index contributed by atoms with van der Waals surface area (Å²) < 4.78 is 5.56. The van der Waals surface area contributed by atoms with Crippen LogP contribution in [0.15, 0.2) is 24.3 Å². The molecule has 1 aliphatic rings. The van der Waals surface area contributed by atoms with E-state index < -0.39 is 0 Å². The van der Waals surface area contributed by atoms with E-state index in [9.17, 15) is 4.79 Å². The van der Waals surface area contributed by atoms with Crippen molar-refractivity contribution in [2.45, 2.75) is 32.2 Å². The number of nitrogens with two attached hydrogens (primary N) is 1. The lowest BCUT2D eigenvalue weighted by molar-refractivity contribution is 0.0770. The van der Waals surface area contributed by atoms with Gasteiger partial charge in [-0.3, -0.25) is 4.79 Å². The van der Waals surface area contributed by atoms with Gasteiger partial charge in [-0.05, 0) is 37.5 Å². The molecule has 4 nitrogen and oxygen atoms in total. The van der Waals surface area contributed by atoms with Crippen LogP contribution in [0.5, 0.6) is 5.75 Å². The topological polar surface area (TPSA) is 55.6 Å². The zero-order valence-corrected chi connectivity index (χ0v) is 12.5. The van der Waals surface area contributed by atoms with Crippen molar-refractivity contribution < 1.29 is 9.53 Å². The molecule has 1 heterocycles. The van der Waals surface area contributed by atoms with Crippen molar-refractivity contribution in [2.24, 2.45) is 5.73 Å². The summed E-state index contributed by atoms with van der Waals surface area (Å²) >= 11 is 5.04. The van der Waals surface area contributed by atoms with Gasteiger partial charge in [0.25, 0.3) is 5.91 Å². The summed E-state index contributed by atoms with van der Waals surface area (Å²) in [5.41, 5.74) is 6.34. The second-order valence-corrected chi connectivity index (χ2v) is 5.41. The molecular formula is C15H20N2O2S. The summed E-state index contributed by atoms with van der Waals surface area (Å²) in [7, 11) is 0. The molecule has 5 heteroatoms. The predicted octanol–water partition coefficient (Wildman–Crippen LogP) is 2.37. The fourth-order valence-electron chi connectivity index (χ4n) is 2.41. The van der Waals surface area contributed by atoms with Gasteiger partial charge < -0.3 is 15.4 Å². The third-order valence-corrected chi connectivity index (χ3v) is 3.67. The molecule has 0 bridgehead atoms. The van der Waals surface area contributed by atoms with Gasteiger partial charge in [-0.25, -0.2) is 0 Å². The highest BCUT2D eigenvalue weighted by atomic mass is 32.1. The van der Waals surface area contributed by atoms with E-state index in [1.54, 1.807) is 17.0 Å². The number of nitrogens with zero attached hydrogens (tertiary/aromatic N) is 1. The molecule has 0 aliphatic carbocycles. The lowest BCUT2D eigenvalue weighted by Crippen LogP contribution is -2.42. The van der Waals surface area contributed by atoms with Gasteiger partial charge in [0.1, 0.15) is 5.75 Å². The van der Waals surface area contributed by atoms with E-state index in [2.05, 4.69) is 0 Å². The maximum absolute atomic E-state index is 12.5. The van der Waals surface area contributed by atoms with Crippen molar-refractivity contribution in [3.05, 3.63) is 29.8 Å². The highest BCUT2D eigenvalue weighted by Gasteiger charge is 2.31. The first-order valence-electron chi connectivity index (χ1n) is 6.96. The summed E-state index contributed by atoms with van der Waals surface area (Å²) in [5, 5.41) is 0. The number of amides is 1. The highest BCUT2D eigenvalue weighted by molar-refractivity contribution is 7.80. The molecule has 1 amide bonds.